The molecule has 352 valence electrons. The van der Waals surface area contributed by atoms with Crippen molar-refractivity contribution in [1.82, 2.24) is 0 Å². The lowest BCUT2D eigenvalue weighted by molar-refractivity contribution is 0.0460. The number of aliphatic imine (C=N–C) groups is 1. The van der Waals surface area contributed by atoms with Crippen LogP contribution in [0.25, 0.3) is 0 Å². The maximum atomic E-state index is 14.6. The lowest BCUT2D eigenvalue weighted by atomic mass is 9.73. The Morgan fingerprint density at radius 3 is 1.52 bits per heavy atom. The Bertz CT molecular complexity index is 1970. The average molecular weight is 890 g/mol. The maximum absolute atomic E-state index is 14.6. The average Bonchev–Trinajstić information content (AvgIpc) is 3.23. The van der Waals surface area contributed by atoms with Crippen LogP contribution in [0.1, 0.15) is 187 Å². The summed E-state index contributed by atoms with van der Waals surface area (Å²) in [5, 5.41) is 27.5. The summed E-state index contributed by atoms with van der Waals surface area (Å²) in [6.07, 6.45) is 16.1. The summed E-state index contributed by atoms with van der Waals surface area (Å²) in [6, 6.07) is 28.3. The maximum Gasteiger partial charge on any atom is 0.144 e. The molecular weight excluding hydrogens is 803 g/mol. The Balaban J connectivity index is 2.09. The van der Waals surface area contributed by atoms with Crippen molar-refractivity contribution in [2.24, 2.45) is 4.99 Å². The summed E-state index contributed by atoms with van der Waals surface area (Å²) < 4.78 is 13.7. The highest BCUT2D eigenvalue weighted by molar-refractivity contribution is 6.92. The number of ether oxygens (including phenoxy) is 2. The van der Waals surface area contributed by atoms with Gasteiger partial charge >= 0.3 is 0 Å². The number of rotatable bonds is 24. The van der Waals surface area contributed by atoms with Crippen molar-refractivity contribution in [2.45, 2.75) is 200 Å². The van der Waals surface area contributed by atoms with E-state index in [1.54, 1.807) is 6.07 Å². The molecule has 0 spiro atoms. The molecular formula is C58H87NO4Si. The predicted molar refractivity (Wildman–Crippen MR) is 277 cm³/mol. The van der Waals surface area contributed by atoms with E-state index >= 15 is 0 Å². The number of nitrogens with zero attached hydrogens (tertiary/aromatic N) is 1. The van der Waals surface area contributed by atoms with E-state index in [4.69, 9.17) is 14.5 Å². The van der Waals surface area contributed by atoms with Crippen molar-refractivity contribution in [2.75, 3.05) is 13.2 Å². The molecule has 64 heavy (non-hydrogen) atoms. The summed E-state index contributed by atoms with van der Waals surface area (Å²) in [4.78, 5) is 5.55. The minimum absolute atomic E-state index is 0.0127. The number of benzene rings is 4. The molecule has 2 N–H and O–H groups in total. The van der Waals surface area contributed by atoms with Crippen molar-refractivity contribution in [3.8, 4) is 17.2 Å². The third kappa shape index (κ3) is 14.1. The normalized spacial score (nSPS) is 13.4. The molecule has 4 rings (SSSR count). The molecule has 0 saturated carbocycles. The summed E-state index contributed by atoms with van der Waals surface area (Å²) in [7, 11) is -2.16. The number of hydrogen-bond acceptors (Lipinski definition) is 5. The van der Waals surface area contributed by atoms with Gasteiger partial charge in [-0.1, -0.05) is 208 Å². The lowest BCUT2D eigenvalue weighted by Crippen LogP contribution is -2.51. The van der Waals surface area contributed by atoms with Gasteiger partial charge < -0.3 is 19.7 Å². The van der Waals surface area contributed by atoms with Crippen molar-refractivity contribution < 1.29 is 19.7 Å². The van der Waals surface area contributed by atoms with Crippen LogP contribution in [-0.2, 0) is 22.9 Å². The van der Waals surface area contributed by atoms with Gasteiger partial charge in [0.1, 0.15) is 22.8 Å². The molecule has 0 heterocycles. The number of aromatic hydroxyl groups is 1. The van der Waals surface area contributed by atoms with Gasteiger partial charge in [-0.25, -0.2) is 0 Å². The fraction of sp³-hybridized carbons (Fsp3) is 0.569. The van der Waals surface area contributed by atoms with Crippen LogP contribution in [0, 0.1) is 0 Å². The molecule has 0 radical (unpaired) electrons. The largest absolute Gasteiger partial charge is 0.507 e. The third-order valence-corrected chi connectivity index (χ3v) is 19.3. The first-order chi connectivity index (χ1) is 30.2. The summed E-state index contributed by atoms with van der Waals surface area (Å²) in [6.45, 7) is 30.5. The molecule has 0 amide bonds. The Morgan fingerprint density at radius 2 is 1.06 bits per heavy atom. The zero-order chi connectivity index (χ0) is 47.2. The van der Waals surface area contributed by atoms with Crippen molar-refractivity contribution in [3.63, 3.8) is 0 Å². The molecule has 0 saturated heterocycles. The molecule has 0 aliphatic rings. The highest BCUT2D eigenvalue weighted by Crippen LogP contribution is 2.47. The number of aliphatic hydroxyl groups is 1. The van der Waals surface area contributed by atoms with E-state index < -0.39 is 19.7 Å². The van der Waals surface area contributed by atoms with Gasteiger partial charge in [0.2, 0.25) is 0 Å². The zero-order valence-corrected chi connectivity index (χ0v) is 43.5. The Hall–Kier alpha value is -3.87. The minimum Gasteiger partial charge on any atom is -0.507 e. The first-order valence-electron chi connectivity index (χ1n) is 24.8. The van der Waals surface area contributed by atoms with E-state index in [9.17, 15) is 10.2 Å². The minimum atomic E-state index is -2.16. The summed E-state index contributed by atoms with van der Waals surface area (Å²) >= 11 is 0. The lowest BCUT2D eigenvalue weighted by Gasteiger charge is -2.39. The highest BCUT2D eigenvalue weighted by Gasteiger charge is 2.46. The molecule has 1 atom stereocenters. The van der Waals surface area contributed by atoms with Gasteiger partial charge in [-0.3, -0.25) is 4.99 Å². The second-order valence-corrected chi connectivity index (χ2v) is 27.3. The topological polar surface area (TPSA) is 71.3 Å². The van der Waals surface area contributed by atoms with Gasteiger partial charge in [0.15, 0.2) is 0 Å². The Kier molecular flexibility index (Phi) is 19.4. The molecule has 0 aromatic heterocycles. The van der Waals surface area contributed by atoms with Crippen LogP contribution in [0.5, 0.6) is 17.2 Å². The third-order valence-electron chi connectivity index (χ3n) is 13.8. The van der Waals surface area contributed by atoms with Gasteiger partial charge in [-0.2, -0.15) is 0 Å². The molecule has 0 aliphatic heterocycles. The van der Waals surface area contributed by atoms with E-state index in [1.165, 1.54) is 51.4 Å². The monoisotopic (exact) mass is 890 g/mol. The van der Waals surface area contributed by atoms with Gasteiger partial charge in [0.25, 0.3) is 0 Å². The number of hydrogen-bond donors (Lipinski definition) is 2. The molecule has 1 unspecified atom stereocenters. The second-order valence-electron chi connectivity index (χ2n) is 22.0. The molecule has 4 aromatic carbocycles. The van der Waals surface area contributed by atoms with Crippen LogP contribution < -0.4 is 14.7 Å². The van der Waals surface area contributed by atoms with Gasteiger partial charge in [-0.05, 0) is 87.3 Å². The van der Waals surface area contributed by atoms with E-state index in [1.807, 2.05) is 18.3 Å². The van der Waals surface area contributed by atoms with E-state index in [0.29, 0.717) is 42.3 Å². The van der Waals surface area contributed by atoms with Crippen LogP contribution in [0.3, 0.4) is 0 Å². The van der Waals surface area contributed by atoms with Crippen molar-refractivity contribution in [1.29, 1.82) is 0 Å². The molecule has 0 bridgehead atoms. The summed E-state index contributed by atoms with van der Waals surface area (Å²) in [5.74, 6) is 1.51. The summed E-state index contributed by atoms with van der Waals surface area (Å²) in [5.41, 5.74) is 3.14. The Morgan fingerprint density at radius 1 is 0.594 bits per heavy atom. The van der Waals surface area contributed by atoms with E-state index in [0.717, 1.165) is 53.1 Å². The van der Waals surface area contributed by atoms with Gasteiger partial charge in [0, 0.05) is 22.9 Å². The van der Waals surface area contributed by atoms with Crippen LogP contribution in [-0.4, -0.2) is 43.8 Å². The highest BCUT2D eigenvalue weighted by atomic mass is 28.3. The quantitative estimate of drug-likeness (QED) is 0.0418. The Labute approximate surface area is 391 Å². The van der Waals surface area contributed by atoms with Crippen LogP contribution in [0.2, 0.25) is 18.1 Å². The number of phenolic OH excluding ortho intramolecular Hbond substituents is 1. The second kappa shape index (κ2) is 23.5. The van der Waals surface area contributed by atoms with Gasteiger partial charge in [0.05, 0.1) is 27.3 Å². The first-order valence-corrected chi connectivity index (χ1v) is 27.8. The smallest absolute Gasteiger partial charge is 0.144 e. The zero-order valence-electron chi connectivity index (χ0n) is 42.5. The predicted octanol–water partition coefficient (Wildman–Crippen LogP) is 15.1. The fourth-order valence-electron chi connectivity index (χ4n) is 8.42. The molecule has 5 nitrogen and oxygen atoms in total. The van der Waals surface area contributed by atoms with E-state index in [2.05, 4.69) is 156 Å². The van der Waals surface area contributed by atoms with Crippen molar-refractivity contribution in [3.05, 3.63) is 118 Å². The fourth-order valence-corrected chi connectivity index (χ4v) is 10.6. The molecule has 4 aromatic rings. The number of unbranched alkanes of at least 4 members (excludes halogenated alkanes) is 10. The molecule has 0 fully saturated rings. The number of phenols is 1. The van der Waals surface area contributed by atoms with Crippen LogP contribution in [0.15, 0.2) is 89.9 Å². The van der Waals surface area contributed by atoms with Crippen molar-refractivity contribution >= 4 is 19.5 Å². The van der Waals surface area contributed by atoms with Crippen LogP contribution in [0.4, 0.5) is 0 Å². The van der Waals surface area contributed by atoms with E-state index in [-0.39, 0.29) is 21.6 Å². The molecule has 0 aliphatic carbocycles. The first kappa shape index (κ1) is 52.7. The van der Waals surface area contributed by atoms with Gasteiger partial charge in [-0.15, -0.1) is 0 Å². The molecule has 6 heteroatoms. The van der Waals surface area contributed by atoms with Crippen LogP contribution >= 0.6 is 0 Å². The SMILES string of the molecule is CCCCCCCCOc1ccc(C(C)(C)C)cc1C(O)(c1cc(C(C)(C)C)ccc1OCCCCCCCC)C(Cc1ccccc1)N=Cc1c(O)cccc1[Si](C)(C)C(C)(C)C. The standard InChI is InChI=1S/C58H87NO4Si/c1-14-16-18-20-22-27-38-62-51-36-34-45(55(3,4)5)41-48(51)58(61,49-42-46(56(6,7)8)35-37-52(49)63-39-28-23-21-19-17-15-2)54(40-44-30-25-24-26-31-44)59-43-47-50(60)32-29-33-53(47)64(12,13)57(9,10)11/h24-26,29-37,41-43,54,60-61H,14-23,27-28,38-40H2,1-13H3.